The zero-order valence-corrected chi connectivity index (χ0v) is 10.0. The molecule has 0 aliphatic rings. The lowest BCUT2D eigenvalue weighted by molar-refractivity contribution is 0.0992. The summed E-state index contributed by atoms with van der Waals surface area (Å²) < 4.78 is 0. The van der Waals surface area contributed by atoms with Crippen LogP contribution < -0.4 is 0 Å². The van der Waals surface area contributed by atoms with Gasteiger partial charge in [-0.25, -0.2) is 4.98 Å². The van der Waals surface area contributed by atoms with E-state index in [9.17, 15) is 4.79 Å². The molecule has 2 aromatic heterocycles. The van der Waals surface area contributed by atoms with Crippen LogP contribution in [0.15, 0.2) is 23.8 Å². The monoisotopic (exact) mass is 232 g/mol. The molecule has 0 amide bonds. The lowest BCUT2D eigenvalue weighted by Crippen LogP contribution is -2.04. The molecule has 16 heavy (non-hydrogen) atoms. The molecule has 3 nitrogen and oxygen atoms in total. The van der Waals surface area contributed by atoms with Crippen molar-refractivity contribution in [3.63, 3.8) is 0 Å². The van der Waals surface area contributed by atoms with E-state index in [1.807, 2.05) is 25.3 Å². The summed E-state index contributed by atoms with van der Waals surface area (Å²) in [6.07, 6.45) is 3.71. The van der Waals surface area contributed by atoms with Crippen molar-refractivity contribution in [1.29, 1.82) is 0 Å². The average Bonchev–Trinajstić information content (AvgIpc) is 2.64. The van der Waals surface area contributed by atoms with Crippen molar-refractivity contribution in [3.8, 4) is 0 Å². The first-order valence-corrected chi connectivity index (χ1v) is 5.89. The van der Waals surface area contributed by atoms with E-state index >= 15 is 0 Å². The molecule has 0 aromatic carbocycles. The van der Waals surface area contributed by atoms with E-state index in [4.69, 9.17) is 0 Å². The molecule has 0 bridgehead atoms. The Labute approximate surface area is 98.2 Å². The predicted molar refractivity (Wildman–Crippen MR) is 63.9 cm³/mol. The van der Waals surface area contributed by atoms with Crippen LogP contribution in [0.25, 0.3) is 0 Å². The molecule has 2 aromatic rings. The van der Waals surface area contributed by atoms with Crippen LogP contribution in [0.3, 0.4) is 0 Å². The summed E-state index contributed by atoms with van der Waals surface area (Å²) in [4.78, 5) is 20.2. The summed E-state index contributed by atoms with van der Waals surface area (Å²) in [5, 5.41) is 2.82. The summed E-state index contributed by atoms with van der Waals surface area (Å²) in [5.74, 6) is 0.0746. The van der Waals surface area contributed by atoms with Crippen LogP contribution >= 0.6 is 11.3 Å². The maximum atomic E-state index is 11.9. The standard InChI is InChI=1S/C12H12N2OS/c1-8-3-10(6-13-5-8)11(15)4-12-14-9(2)7-16-12/h3,5-7H,4H2,1-2H3. The summed E-state index contributed by atoms with van der Waals surface area (Å²) in [7, 11) is 0. The van der Waals surface area contributed by atoms with Crippen LogP contribution in [0.2, 0.25) is 0 Å². The second kappa shape index (κ2) is 4.53. The van der Waals surface area contributed by atoms with Gasteiger partial charge in [0.15, 0.2) is 5.78 Å². The maximum absolute atomic E-state index is 11.9. The van der Waals surface area contributed by atoms with Crippen molar-refractivity contribution in [2.24, 2.45) is 0 Å². The lowest BCUT2D eigenvalue weighted by Gasteiger charge is -1.99. The Kier molecular flexibility index (Phi) is 3.10. The van der Waals surface area contributed by atoms with Crippen LogP contribution in [0.1, 0.15) is 26.6 Å². The van der Waals surface area contributed by atoms with Gasteiger partial charge in [-0.05, 0) is 25.5 Å². The predicted octanol–water partition coefficient (Wildman–Crippen LogP) is 2.58. The van der Waals surface area contributed by atoms with Crippen molar-refractivity contribution in [2.75, 3.05) is 0 Å². The van der Waals surface area contributed by atoms with Gasteiger partial charge in [0.1, 0.15) is 5.01 Å². The second-order valence-corrected chi connectivity index (χ2v) is 4.68. The molecule has 2 heterocycles. The Morgan fingerprint density at radius 2 is 2.19 bits per heavy atom. The number of aryl methyl sites for hydroxylation is 2. The molecule has 0 unspecified atom stereocenters. The number of hydrogen-bond donors (Lipinski definition) is 0. The average molecular weight is 232 g/mol. The highest BCUT2D eigenvalue weighted by atomic mass is 32.1. The number of hydrogen-bond acceptors (Lipinski definition) is 4. The molecular weight excluding hydrogens is 220 g/mol. The molecule has 2 rings (SSSR count). The van der Waals surface area contributed by atoms with Crippen LogP contribution in [0.4, 0.5) is 0 Å². The Balaban J connectivity index is 2.14. The van der Waals surface area contributed by atoms with E-state index in [1.54, 1.807) is 12.4 Å². The van der Waals surface area contributed by atoms with Gasteiger partial charge in [0.2, 0.25) is 0 Å². The van der Waals surface area contributed by atoms with Crippen LogP contribution in [0, 0.1) is 13.8 Å². The number of carbonyl (C=O) groups excluding carboxylic acids is 1. The zero-order valence-electron chi connectivity index (χ0n) is 9.23. The zero-order chi connectivity index (χ0) is 11.5. The summed E-state index contributed by atoms with van der Waals surface area (Å²) in [6, 6.07) is 1.86. The molecule has 82 valence electrons. The van der Waals surface area contributed by atoms with Crippen molar-refractivity contribution < 1.29 is 4.79 Å². The minimum atomic E-state index is 0.0746. The fourth-order valence-corrected chi connectivity index (χ4v) is 2.20. The smallest absolute Gasteiger partial charge is 0.171 e. The van der Waals surface area contributed by atoms with Crippen molar-refractivity contribution in [3.05, 3.63) is 45.7 Å². The number of Topliss-reactive ketones (excluding diaryl/α,β-unsaturated/α-hetero) is 1. The number of aromatic nitrogens is 2. The highest BCUT2D eigenvalue weighted by Crippen LogP contribution is 2.12. The van der Waals surface area contributed by atoms with Crippen LogP contribution in [-0.4, -0.2) is 15.8 Å². The number of ketones is 1. The fourth-order valence-electron chi connectivity index (χ4n) is 1.43. The first kappa shape index (κ1) is 11.0. The molecule has 0 saturated carbocycles. The van der Waals surface area contributed by atoms with E-state index in [1.165, 1.54) is 11.3 Å². The second-order valence-electron chi connectivity index (χ2n) is 3.73. The van der Waals surface area contributed by atoms with Gasteiger partial charge in [0, 0.05) is 29.0 Å². The van der Waals surface area contributed by atoms with E-state index in [0.29, 0.717) is 12.0 Å². The largest absolute Gasteiger partial charge is 0.294 e. The quantitative estimate of drug-likeness (QED) is 0.764. The summed E-state index contributed by atoms with van der Waals surface area (Å²) >= 11 is 1.52. The molecule has 0 aliphatic heterocycles. The highest BCUT2D eigenvalue weighted by Gasteiger charge is 2.09. The molecule has 0 N–H and O–H groups in total. The summed E-state index contributed by atoms with van der Waals surface area (Å²) in [6.45, 7) is 3.86. The highest BCUT2D eigenvalue weighted by molar-refractivity contribution is 7.09. The van der Waals surface area contributed by atoms with E-state index in [2.05, 4.69) is 9.97 Å². The van der Waals surface area contributed by atoms with Crippen LogP contribution in [-0.2, 0) is 6.42 Å². The first-order valence-electron chi connectivity index (χ1n) is 5.01. The fraction of sp³-hybridized carbons (Fsp3) is 0.250. The maximum Gasteiger partial charge on any atom is 0.171 e. The SMILES string of the molecule is Cc1cncc(C(=O)Cc2nc(C)cs2)c1. The van der Waals surface area contributed by atoms with E-state index < -0.39 is 0 Å². The number of carbonyl (C=O) groups is 1. The van der Waals surface area contributed by atoms with Gasteiger partial charge in [0.25, 0.3) is 0 Å². The molecule has 0 aliphatic carbocycles. The third-order valence-electron chi connectivity index (χ3n) is 2.18. The number of thiazole rings is 1. The van der Waals surface area contributed by atoms with Crippen molar-refractivity contribution >= 4 is 17.1 Å². The first-order chi connectivity index (χ1) is 7.65. The van der Waals surface area contributed by atoms with Gasteiger partial charge >= 0.3 is 0 Å². The molecule has 0 saturated heterocycles. The third kappa shape index (κ3) is 2.52. The van der Waals surface area contributed by atoms with Gasteiger partial charge in [0.05, 0.1) is 6.42 Å². The van der Waals surface area contributed by atoms with Crippen molar-refractivity contribution in [2.45, 2.75) is 20.3 Å². The van der Waals surface area contributed by atoms with Crippen molar-refractivity contribution in [1.82, 2.24) is 9.97 Å². The Morgan fingerprint density at radius 3 is 2.81 bits per heavy atom. The topological polar surface area (TPSA) is 42.9 Å². The lowest BCUT2D eigenvalue weighted by atomic mass is 10.1. The minimum Gasteiger partial charge on any atom is -0.294 e. The third-order valence-corrected chi connectivity index (χ3v) is 3.14. The van der Waals surface area contributed by atoms with E-state index in [0.717, 1.165) is 16.3 Å². The molecule has 0 radical (unpaired) electrons. The number of nitrogens with zero attached hydrogens (tertiary/aromatic N) is 2. The Morgan fingerprint density at radius 1 is 1.38 bits per heavy atom. The van der Waals surface area contributed by atoms with Crippen LogP contribution in [0.5, 0.6) is 0 Å². The molecule has 0 atom stereocenters. The van der Waals surface area contributed by atoms with E-state index in [-0.39, 0.29) is 5.78 Å². The number of pyridine rings is 1. The Bertz CT molecular complexity index is 519. The summed E-state index contributed by atoms with van der Waals surface area (Å²) in [5.41, 5.74) is 2.63. The van der Waals surface area contributed by atoms with Gasteiger partial charge < -0.3 is 0 Å². The molecular formula is C12H12N2OS. The molecule has 0 fully saturated rings. The van der Waals surface area contributed by atoms with Gasteiger partial charge in [-0.1, -0.05) is 0 Å². The Hall–Kier alpha value is -1.55. The normalized spacial score (nSPS) is 10.4. The van der Waals surface area contributed by atoms with Gasteiger partial charge in [-0.15, -0.1) is 11.3 Å². The van der Waals surface area contributed by atoms with Gasteiger partial charge in [-0.3, -0.25) is 9.78 Å². The minimum absolute atomic E-state index is 0.0746. The molecule has 0 spiro atoms. The molecule has 4 heteroatoms. The number of rotatable bonds is 3. The van der Waals surface area contributed by atoms with Gasteiger partial charge in [-0.2, -0.15) is 0 Å².